The number of anilines is 1. The smallest absolute Gasteiger partial charge is 0.223 e. The maximum atomic E-state index is 13.0. The number of nitrogens with two attached hydrogens (primary N) is 1. The highest BCUT2D eigenvalue weighted by molar-refractivity contribution is 6.02. The predicted molar refractivity (Wildman–Crippen MR) is 114 cm³/mol. The molecule has 2 aliphatic rings. The van der Waals surface area contributed by atoms with Crippen molar-refractivity contribution in [3.05, 3.63) is 41.6 Å². The largest absolute Gasteiger partial charge is 0.383 e. The van der Waals surface area contributed by atoms with Crippen molar-refractivity contribution in [1.29, 1.82) is 0 Å². The Morgan fingerprint density at radius 3 is 2.63 bits per heavy atom. The molecule has 1 aromatic heterocycles. The van der Waals surface area contributed by atoms with Gasteiger partial charge >= 0.3 is 0 Å². The summed E-state index contributed by atoms with van der Waals surface area (Å²) in [5.41, 5.74) is 8.65. The second kappa shape index (κ2) is 8.97. The van der Waals surface area contributed by atoms with Crippen LogP contribution >= 0.6 is 0 Å². The molecule has 4 rings (SSSR count). The van der Waals surface area contributed by atoms with Gasteiger partial charge in [0.1, 0.15) is 5.82 Å². The Morgan fingerprint density at radius 1 is 1.17 bits per heavy atom. The van der Waals surface area contributed by atoms with Crippen LogP contribution < -0.4 is 5.73 Å². The van der Waals surface area contributed by atoms with Crippen LogP contribution in [-0.2, 0) is 9.53 Å². The molecule has 2 aliphatic heterocycles. The summed E-state index contributed by atoms with van der Waals surface area (Å²) in [7, 11) is 0. The summed E-state index contributed by atoms with van der Waals surface area (Å²) in [5, 5.41) is 4.32. The van der Waals surface area contributed by atoms with E-state index in [-0.39, 0.29) is 17.6 Å². The fourth-order valence-electron chi connectivity index (χ4n) is 4.10. The summed E-state index contributed by atoms with van der Waals surface area (Å²) < 4.78 is 6.93. The van der Waals surface area contributed by atoms with Crippen molar-refractivity contribution in [1.82, 2.24) is 19.6 Å². The van der Waals surface area contributed by atoms with E-state index in [2.05, 4.69) is 10.00 Å². The number of hydrogen-bond donors (Lipinski definition) is 1. The number of benzene rings is 1. The molecule has 8 nitrogen and oxygen atoms in total. The van der Waals surface area contributed by atoms with Crippen molar-refractivity contribution in [2.24, 2.45) is 5.92 Å². The third kappa shape index (κ3) is 4.39. The lowest BCUT2D eigenvalue weighted by Gasteiger charge is -2.27. The van der Waals surface area contributed by atoms with Crippen molar-refractivity contribution in [3.8, 4) is 5.69 Å². The number of nitrogen functional groups attached to an aromatic ring is 1. The van der Waals surface area contributed by atoms with Gasteiger partial charge in [-0.15, -0.1) is 0 Å². The van der Waals surface area contributed by atoms with E-state index >= 15 is 0 Å². The molecule has 1 aromatic carbocycles. The molecule has 0 saturated carbocycles. The van der Waals surface area contributed by atoms with Crippen LogP contribution in [-0.4, -0.2) is 77.2 Å². The van der Waals surface area contributed by atoms with E-state index in [0.29, 0.717) is 37.3 Å². The molecule has 2 N–H and O–H groups in total. The number of hydrogen-bond acceptors (Lipinski definition) is 6. The number of Topliss-reactive ketones (excluding diaryl/α,β-unsaturated/α-hetero) is 1. The Balaban J connectivity index is 1.35. The zero-order chi connectivity index (χ0) is 21.1. The molecule has 0 bridgehead atoms. The van der Waals surface area contributed by atoms with Crippen LogP contribution in [0, 0.1) is 12.8 Å². The Labute approximate surface area is 176 Å². The van der Waals surface area contributed by atoms with Crippen LogP contribution in [0.25, 0.3) is 5.69 Å². The number of likely N-dealkylation sites (tertiary alicyclic amines) is 1. The lowest BCUT2D eigenvalue weighted by Crippen LogP contribution is -2.39. The van der Waals surface area contributed by atoms with Crippen LogP contribution in [0.5, 0.6) is 0 Å². The number of amides is 1. The minimum Gasteiger partial charge on any atom is -0.383 e. The van der Waals surface area contributed by atoms with Crippen LogP contribution in [0.15, 0.2) is 30.5 Å². The standard InChI is InChI=1S/C22H29N5O3/c1-16-2-4-18(5-3-16)27-22(23)19(14-24-27)21(29)17-6-9-26(15-17)20(28)7-8-25-10-12-30-13-11-25/h2-5,14,17H,6-13,15,23H2,1H3/t17-/m0/s1. The number of ether oxygens (including phenoxy) is 1. The van der Waals surface area contributed by atoms with Gasteiger partial charge in [-0.3, -0.25) is 14.5 Å². The number of ketones is 1. The van der Waals surface area contributed by atoms with E-state index in [9.17, 15) is 9.59 Å². The third-order valence-electron chi connectivity index (χ3n) is 6.01. The summed E-state index contributed by atoms with van der Waals surface area (Å²) in [6.07, 6.45) is 2.69. The summed E-state index contributed by atoms with van der Waals surface area (Å²) in [5.74, 6) is 0.200. The Kier molecular flexibility index (Phi) is 6.15. The molecule has 2 fully saturated rings. The molecule has 0 unspecified atom stereocenters. The molecule has 2 saturated heterocycles. The summed E-state index contributed by atoms with van der Waals surface area (Å²) >= 11 is 0. The van der Waals surface area contributed by atoms with E-state index < -0.39 is 0 Å². The van der Waals surface area contributed by atoms with Gasteiger partial charge in [-0.25, -0.2) is 4.68 Å². The van der Waals surface area contributed by atoms with Gasteiger partial charge in [0.25, 0.3) is 0 Å². The lowest BCUT2D eigenvalue weighted by atomic mass is 9.98. The molecule has 160 valence electrons. The first-order chi connectivity index (χ1) is 14.5. The highest BCUT2D eigenvalue weighted by Crippen LogP contribution is 2.26. The van der Waals surface area contributed by atoms with Crippen LogP contribution in [0.2, 0.25) is 0 Å². The van der Waals surface area contributed by atoms with Crippen molar-refractivity contribution in [2.75, 3.05) is 51.7 Å². The fraction of sp³-hybridized carbons (Fsp3) is 0.500. The fourth-order valence-corrected chi connectivity index (χ4v) is 4.10. The highest BCUT2D eigenvalue weighted by Gasteiger charge is 2.33. The van der Waals surface area contributed by atoms with Gasteiger partial charge in [0.15, 0.2) is 5.78 Å². The SMILES string of the molecule is Cc1ccc(-n2ncc(C(=O)[C@H]3CCN(C(=O)CCN4CCOCC4)C3)c2N)cc1. The zero-order valence-corrected chi connectivity index (χ0v) is 17.4. The lowest BCUT2D eigenvalue weighted by molar-refractivity contribution is -0.130. The Morgan fingerprint density at radius 2 is 1.90 bits per heavy atom. The van der Waals surface area contributed by atoms with Crippen LogP contribution in [0.4, 0.5) is 5.82 Å². The molecule has 3 heterocycles. The Hall–Kier alpha value is -2.71. The first-order valence-corrected chi connectivity index (χ1v) is 10.6. The monoisotopic (exact) mass is 411 g/mol. The second-order valence-electron chi connectivity index (χ2n) is 8.08. The number of morpholine rings is 1. The molecule has 0 spiro atoms. The molecule has 1 atom stereocenters. The van der Waals surface area contributed by atoms with Gasteiger partial charge in [-0.2, -0.15) is 5.10 Å². The van der Waals surface area contributed by atoms with E-state index in [1.54, 1.807) is 10.9 Å². The van der Waals surface area contributed by atoms with Gasteiger partial charge < -0.3 is 15.4 Å². The van der Waals surface area contributed by atoms with Gasteiger partial charge in [0.05, 0.1) is 30.7 Å². The van der Waals surface area contributed by atoms with E-state index in [4.69, 9.17) is 10.5 Å². The summed E-state index contributed by atoms with van der Waals surface area (Å²) in [4.78, 5) is 29.7. The van der Waals surface area contributed by atoms with Crippen molar-refractivity contribution in [2.45, 2.75) is 19.8 Å². The maximum absolute atomic E-state index is 13.0. The number of aryl methyl sites for hydroxylation is 1. The number of carbonyl (C=O) groups excluding carboxylic acids is 2. The van der Waals surface area contributed by atoms with Crippen molar-refractivity contribution < 1.29 is 14.3 Å². The quantitative estimate of drug-likeness (QED) is 0.725. The van der Waals surface area contributed by atoms with E-state index in [1.165, 1.54) is 0 Å². The molecular weight excluding hydrogens is 382 g/mol. The average Bonchev–Trinajstić information content (AvgIpc) is 3.40. The molecule has 0 radical (unpaired) electrons. The first kappa shape index (κ1) is 20.6. The van der Waals surface area contributed by atoms with Gasteiger partial charge in [-0.05, 0) is 25.5 Å². The number of carbonyl (C=O) groups is 2. The van der Waals surface area contributed by atoms with Crippen molar-refractivity contribution >= 4 is 17.5 Å². The zero-order valence-electron chi connectivity index (χ0n) is 17.4. The molecule has 8 heteroatoms. The number of nitrogens with zero attached hydrogens (tertiary/aromatic N) is 4. The van der Waals surface area contributed by atoms with Crippen LogP contribution in [0.3, 0.4) is 0 Å². The van der Waals surface area contributed by atoms with Crippen LogP contribution in [0.1, 0.15) is 28.8 Å². The van der Waals surface area contributed by atoms with Crippen molar-refractivity contribution in [3.63, 3.8) is 0 Å². The molecular formula is C22H29N5O3. The summed E-state index contributed by atoms with van der Waals surface area (Å²) in [6.45, 7) is 7.03. The normalized spacial score (nSPS) is 19.9. The predicted octanol–water partition coefficient (Wildman–Crippen LogP) is 1.52. The first-order valence-electron chi connectivity index (χ1n) is 10.6. The number of rotatable bonds is 6. The Bertz CT molecular complexity index is 902. The average molecular weight is 412 g/mol. The third-order valence-corrected chi connectivity index (χ3v) is 6.01. The van der Waals surface area contributed by atoms with Gasteiger partial charge in [-0.1, -0.05) is 17.7 Å². The molecule has 30 heavy (non-hydrogen) atoms. The maximum Gasteiger partial charge on any atom is 0.223 e. The summed E-state index contributed by atoms with van der Waals surface area (Å²) in [6, 6.07) is 7.82. The number of aromatic nitrogens is 2. The molecule has 0 aliphatic carbocycles. The molecule has 1 amide bonds. The van der Waals surface area contributed by atoms with E-state index in [0.717, 1.165) is 44.1 Å². The molecule has 2 aromatic rings. The highest BCUT2D eigenvalue weighted by atomic mass is 16.5. The van der Waals surface area contributed by atoms with E-state index in [1.807, 2.05) is 36.1 Å². The second-order valence-corrected chi connectivity index (χ2v) is 8.08. The topological polar surface area (TPSA) is 93.7 Å². The minimum absolute atomic E-state index is 0.0330. The minimum atomic E-state index is -0.227. The van der Waals surface area contributed by atoms with Gasteiger partial charge in [0.2, 0.25) is 5.91 Å². The van der Waals surface area contributed by atoms with Gasteiger partial charge in [0, 0.05) is 45.1 Å².